The average molecular weight is 447 g/mol. The molecule has 1 aliphatic rings. The number of hydrogen-bond acceptors (Lipinski definition) is 5. The molecular formula is C27H34N4O2. The lowest BCUT2D eigenvalue weighted by atomic mass is 9.94. The number of carbonyl (C=O) groups excluding carboxylic acids is 1. The molecule has 1 saturated carbocycles. The summed E-state index contributed by atoms with van der Waals surface area (Å²) in [6.45, 7) is 8.20. The summed E-state index contributed by atoms with van der Waals surface area (Å²) >= 11 is 0. The Morgan fingerprint density at radius 3 is 2.42 bits per heavy atom. The number of aromatic nitrogens is 3. The van der Waals surface area contributed by atoms with E-state index in [0.717, 1.165) is 59.8 Å². The first-order chi connectivity index (χ1) is 15.8. The maximum atomic E-state index is 13.1. The Labute approximate surface area is 196 Å². The van der Waals surface area contributed by atoms with Crippen LogP contribution in [0.4, 0.5) is 4.79 Å². The summed E-state index contributed by atoms with van der Waals surface area (Å²) in [5.41, 5.74) is 3.60. The molecule has 0 unspecified atom stereocenters. The summed E-state index contributed by atoms with van der Waals surface area (Å²) < 4.78 is 5.76. The first-order valence-corrected chi connectivity index (χ1v) is 12.0. The van der Waals surface area contributed by atoms with Crippen molar-refractivity contribution in [2.24, 2.45) is 0 Å². The Hall–Kier alpha value is -3.02. The molecule has 33 heavy (non-hydrogen) atoms. The van der Waals surface area contributed by atoms with Gasteiger partial charge in [-0.05, 0) is 75.4 Å². The smallest absolute Gasteiger partial charge is 0.410 e. The average Bonchev–Trinajstić information content (AvgIpc) is 2.81. The fourth-order valence-corrected chi connectivity index (χ4v) is 4.52. The molecule has 174 valence electrons. The highest BCUT2D eigenvalue weighted by atomic mass is 16.6. The van der Waals surface area contributed by atoms with Gasteiger partial charge in [0.2, 0.25) is 0 Å². The maximum absolute atomic E-state index is 13.1. The molecule has 1 aliphatic carbocycles. The topological polar surface area (TPSA) is 68.2 Å². The van der Waals surface area contributed by atoms with Crippen LogP contribution in [0.3, 0.4) is 0 Å². The predicted molar refractivity (Wildman–Crippen MR) is 131 cm³/mol. The molecule has 0 atom stereocenters. The SMILES string of the molecule is CCc1nc(CN(C(=O)OC(C)(C)C)C2CCCCC2)nc2ccc(-c3ccncc3)cc12. The second kappa shape index (κ2) is 9.86. The number of fused-ring (bicyclic) bond motifs is 1. The van der Waals surface area contributed by atoms with Crippen molar-refractivity contribution in [2.75, 3.05) is 0 Å². The van der Waals surface area contributed by atoms with Crippen LogP contribution in [0.5, 0.6) is 0 Å². The van der Waals surface area contributed by atoms with Gasteiger partial charge in [-0.3, -0.25) is 9.88 Å². The van der Waals surface area contributed by atoms with Gasteiger partial charge in [-0.25, -0.2) is 14.8 Å². The Kier molecular flexibility index (Phi) is 6.91. The lowest BCUT2D eigenvalue weighted by molar-refractivity contribution is 0.00924. The number of hydrogen-bond donors (Lipinski definition) is 0. The van der Waals surface area contributed by atoms with E-state index >= 15 is 0 Å². The van der Waals surface area contributed by atoms with E-state index < -0.39 is 5.60 Å². The number of carbonyl (C=O) groups is 1. The zero-order chi connectivity index (χ0) is 23.4. The van der Waals surface area contributed by atoms with Gasteiger partial charge in [-0.15, -0.1) is 0 Å². The fraction of sp³-hybridized carbons (Fsp3) is 0.481. The van der Waals surface area contributed by atoms with Crippen LogP contribution in [-0.4, -0.2) is 37.6 Å². The number of aryl methyl sites for hydroxylation is 1. The molecule has 6 nitrogen and oxygen atoms in total. The van der Waals surface area contributed by atoms with Crippen LogP contribution in [0, 0.1) is 0 Å². The third-order valence-electron chi connectivity index (χ3n) is 6.12. The Morgan fingerprint density at radius 2 is 1.76 bits per heavy atom. The highest BCUT2D eigenvalue weighted by molar-refractivity contribution is 5.86. The molecule has 0 aliphatic heterocycles. The Balaban J connectivity index is 1.67. The second-order valence-electron chi connectivity index (χ2n) is 9.81. The zero-order valence-corrected chi connectivity index (χ0v) is 20.2. The number of benzene rings is 1. The van der Waals surface area contributed by atoms with Gasteiger partial charge in [0.1, 0.15) is 11.4 Å². The lowest BCUT2D eigenvalue weighted by Crippen LogP contribution is -2.44. The van der Waals surface area contributed by atoms with Crippen molar-refractivity contribution in [2.45, 2.75) is 84.4 Å². The van der Waals surface area contributed by atoms with Gasteiger partial charge in [0.25, 0.3) is 0 Å². The molecule has 0 spiro atoms. The molecule has 6 heteroatoms. The van der Waals surface area contributed by atoms with Crippen LogP contribution in [0.25, 0.3) is 22.0 Å². The summed E-state index contributed by atoms with van der Waals surface area (Å²) in [5, 5.41) is 1.05. The zero-order valence-electron chi connectivity index (χ0n) is 20.2. The van der Waals surface area contributed by atoms with E-state index in [4.69, 9.17) is 14.7 Å². The summed E-state index contributed by atoms with van der Waals surface area (Å²) in [4.78, 5) is 28.9. The number of rotatable bonds is 5. The van der Waals surface area contributed by atoms with Gasteiger partial charge >= 0.3 is 6.09 Å². The molecule has 1 amide bonds. The second-order valence-corrected chi connectivity index (χ2v) is 9.81. The van der Waals surface area contributed by atoms with Crippen molar-refractivity contribution >= 4 is 17.0 Å². The first-order valence-electron chi connectivity index (χ1n) is 12.0. The number of nitrogens with zero attached hydrogens (tertiary/aromatic N) is 4. The van der Waals surface area contributed by atoms with Gasteiger partial charge in [-0.2, -0.15) is 0 Å². The van der Waals surface area contributed by atoms with Gasteiger partial charge in [0, 0.05) is 23.8 Å². The molecule has 3 aromatic rings. The minimum absolute atomic E-state index is 0.173. The number of amides is 1. The molecule has 0 radical (unpaired) electrons. The van der Waals surface area contributed by atoms with Crippen molar-refractivity contribution in [1.82, 2.24) is 19.9 Å². The molecule has 1 aromatic carbocycles. The molecule has 0 bridgehead atoms. The highest BCUT2D eigenvalue weighted by Gasteiger charge is 2.30. The number of ether oxygens (including phenoxy) is 1. The molecule has 1 fully saturated rings. The minimum atomic E-state index is -0.536. The number of pyridine rings is 1. The van der Waals surface area contributed by atoms with E-state index in [9.17, 15) is 4.79 Å². The normalized spacial score (nSPS) is 14.9. The maximum Gasteiger partial charge on any atom is 0.410 e. The highest BCUT2D eigenvalue weighted by Crippen LogP contribution is 2.28. The molecule has 0 saturated heterocycles. The monoisotopic (exact) mass is 446 g/mol. The molecule has 2 aromatic heterocycles. The third-order valence-corrected chi connectivity index (χ3v) is 6.12. The van der Waals surface area contributed by atoms with E-state index in [0.29, 0.717) is 12.4 Å². The molecule has 0 N–H and O–H groups in total. The molecule has 4 rings (SSSR count). The predicted octanol–water partition coefficient (Wildman–Crippen LogP) is 6.32. The van der Waals surface area contributed by atoms with Crippen molar-refractivity contribution in [1.29, 1.82) is 0 Å². The largest absolute Gasteiger partial charge is 0.444 e. The molecule has 2 heterocycles. The van der Waals surface area contributed by atoms with Crippen molar-refractivity contribution in [3.63, 3.8) is 0 Å². The Bertz CT molecular complexity index is 1100. The minimum Gasteiger partial charge on any atom is -0.444 e. The fourth-order valence-electron chi connectivity index (χ4n) is 4.52. The van der Waals surface area contributed by atoms with Crippen molar-refractivity contribution in [3.8, 4) is 11.1 Å². The summed E-state index contributed by atoms with van der Waals surface area (Å²) in [7, 11) is 0. The van der Waals surface area contributed by atoms with Gasteiger partial charge in [0.15, 0.2) is 0 Å². The summed E-state index contributed by atoms with van der Waals surface area (Å²) in [5.74, 6) is 0.674. The van der Waals surface area contributed by atoms with Crippen LogP contribution in [-0.2, 0) is 17.7 Å². The van der Waals surface area contributed by atoms with Gasteiger partial charge in [0.05, 0.1) is 17.8 Å². The van der Waals surface area contributed by atoms with E-state index in [1.807, 2.05) is 43.9 Å². The first kappa shape index (κ1) is 23.1. The van der Waals surface area contributed by atoms with Crippen LogP contribution < -0.4 is 0 Å². The standard InChI is InChI=1S/C27H34N4O2/c1-5-23-22-17-20(19-13-15-28-16-14-19)11-12-24(22)30-25(29-23)18-31(21-9-7-6-8-10-21)26(32)33-27(2,3)4/h11-17,21H,5-10,18H2,1-4H3. The van der Waals surface area contributed by atoms with E-state index in [2.05, 4.69) is 24.0 Å². The summed E-state index contributed by atoms with van der Waals surface area (Å²) in [6.07, 6.45) is 9.63. The van der Waals surface area contributed by atoms with Crippen molar-refractivity contribution in [3.05, 3.63) is 54.2 Å². The third kappa shape index (κ3) is 5.67. The van der Waals surface area contributed by atoms with Gasteiger partial charge < -0.3 is 4.74 Å². The van der Waals surface area contributed by atoms with E-state index in [1.165, 1.54) is 6.42 Å². The van der Waals surface area contributed by atoms with Crippen LogP contribution in [0.1, 0.15) is 71.3 Å². The van der Waals surface area contributed by atoms with Crippen LogP contribution >= 0.6 is 0 Å². The van der Waals surface area contributed by atoms with Crippen LogP contribution in [0.15, 0.2) is 42.7 Å². The van der Waals surface area contributed by atoms with E-state index in [1.54, 1.807) is 12.4 Å². The van der Waals surface area contributed by atoms with Gasteiger partial charge in [-0.1, -0.05) is 32.3 Å². The summed E-state index contributed by atoms with van der Waals surface area (Å²) in [6, 6.07) is 10.5. The quantitative estimate of drug-likeness (QED) is 0.458. The van der Waals surface area contributed by atoms with E-state index in [-0.39, 0.29) is 12.1 Å². The lowest BCUT2D eigenvalue weighted by Gasteiger charge is -2.35. The Morgan fingerprint density at radius 1 is 1.03 bits per heavy atom. The van der Waals surface area contributed by atoms with Crippen molar-refractivity contribution < 1.29 is 9.53 Å². The van der Waals surface area contributed by atoms with Crippen LogP contribution in [0.2, 0.25) is 0 Å². The molecular weight excluding hydrogens is 412 g/mol.